The molecule has 0 aliphatic rings. The second kappa shape index (κ2) is 9.03. The van der Waals surface area contributed by atoms with E-state index in [2.05, 4.69) is 20.5 Å². The van der Waals surface area contributed by atoms with Gasteiger partial charge in [0.25, 0.3) is 0 Å². The summed E-state index contributed by atoms with van der Waals surface area (Å²) in [5.74, 6) is 0.936. The number of rotatable bonds is 6. The molecule has 2 aromatic heterocycles. The quantitative estimate of drug-likeness (QED) is 0.395. The first-order chi connectivity index (χ1) is 14.9. The van der Waals surface area contributed by atoms with Crippen LogP contribution in [0.3, 0.4) is 0 Å². The topological polar surface area (TPSA) is 77.0 Å². The average molecular weight is 451 g/mol. The molecule has 0 bridgehead atoms. The van der Waals surface area contributed by atoms with Gasteiger partial charge in [0.2, 0.25) is 5.91 Å². The molecule has 0 radical (unpaired) electrons. The number of thiazole rings is 1. The number of nitrogens with one attached hydrogen (secondary N) is 1. The maximum atomic E-state index is 12.5. The summed E-state index contributed by atoms with van der Waals surface area (Å²) in [5.41, 5.74) is 5.49. The van der Waals surface area contributed by atoms with Crippen molar-refractivity contribution in [2.24, 2.45) is 0 Å². The molecule has 31 heavy (non-hydrogen) atoms. The van der Waals surface area contributed by atoms with Gasteiger partial charge in [0.05, 0.1) is 22.6 Å². The molecule has 0 saturated carbocycles. The Kier molecular flexibility index (Phi) is 6.20. The molecule has 0 fully saturated rings. The summed E-state index contributed by atoms with van der Waals surface area (Å²) in [6.07, 6.45) is 0. The fourth-order valence-electron chi connectivity index (χ4n) is 3.15. The number of hydrogen-bond donors (Lipinski definition) is 1. The summed E-state index contributed by atoms with van der Waals surface area (Å²) >= 11 is 2.93. The van der Waals surface area contributed by atoms with Gasteiger partial charge in [0, 0.05) is 11.3 Å². The van der Waals surface area contributed by atoms with Gasteiger partial charge in [-0.05, 0) is 62.2 Å². The third-order valence-electron chi connectivity index (χ3n) is 4.76. The zero-order chi connectivity index (χ0) is 22.0. The number of hydrogen-bond acceptors (Lipinski definition) is 7. The monoisotopic (exact) mass is 450 g/mol. The highest BCUT2D eigenvalue weighted by molar-refractivity contribution is 8.00. The van der Waals surface area contributed by atoms with Gasteiger partial charge in [-0.15, -0.1) is 21.5 Å². The lowest BCUT2D eigenvalue weighted by Crippen LogP contribution is -2.15. The van der Waals surface area contributed by atoms with Gasteiger partial charge in [0.15, 0.2) is 0 Å². The van der Waals surface area contributed by atoms with E-state index in [1.165, 1.54) is 11.8 Å². The van der Waals surface area contributed by atoms with Crippen molar-refractivity contribution in [3.05, 3.63) is 58.6 Å². The summed E-state index contributed by atoms with van der Waals surface area (Å²) in [7, 11) is 1.64. The molecule has 0 atom stereocenters. The van der Waals surface area contributed by atoms with Crippen LogP contribution in [0.15, 0.2) is 47.5 Å². The maximum Gasteiger partial charge on any atom is 0.234 e. The van der Waals surface area contributed by atoms with Crippen molar-refractivity contribution in [3.63, 3.8) is 0 Å². The van der Waals surface area contributed by atoms with Crippen molar-refractivity contribution in [1.29, 1.82) is 0 Å². The van der Waals surface area contributed by atoms with Crippen LogP contribution in [0, 0.1) is 20.8 Å². The number of anilines is 1. The third kappa shape index (κ3) is 4.70. The fourth-order valence-corrected chi connectivity index (χ4v) is 4.86. The predicted molar refractivity (Wildman–Crippen MR) is 127 cm³/mol. The lowest BCUT2D eigenvalue weighted by atomic mass is 10.1. The van der Waals surface area contributed by atoms with E-state index in [1.807, 2.05) is 63.2 Å². The van der Waals surface area contributed by atoms with Crippen LogP contribution in [0.4, 0.5) is 5.69 Å². The highest BCUT2D eigenvalue weighted by Gasteiger charge is 2.17. The van der Waals surface area contributed by atoms with Crippen LogP contribution in [-0.4, -0.2) is 34.0 Å². The van der Waals surface area contributed by atoms with E-state index >= 15 is 0 Å². The Morgan fingerprint density at radius 3 is 2.61 bits per heavy atom. The minimum Gasteiger partial charge on any atom is -0.497 e. The van der Waals surface area contributed by atoms with E-state index in [0.717, 1.165) is 49.0 Å². The van der Waals surface area contributed by atoms with E-state index in [4.69, 9.17) is 4.74 Å². The van der Waals surface area contributed by atoms with Crippen LogP contribution >= 0.6 is 23.1 Å². The van der Waals surface area contributed by atoms with Crippen LogP contribution in [0.1, 0.15) is 16.1 Å². The molecule has 0 aliphatic heterocycles. The van der Waals surface area contributed by atoms with Crippen molar-refractivity contribution in [2.45, 2.75) is 25.8 Å². The van der Waals surface area contributed by atoms with Crippen LogP contribution in [-0.2, 0) is 4.79 Å². The molecular formula is C23H22N4O2S2. The molecule has 2 aromatic carbocycles. The van der Waals surface area contributed by atoms with Gasteiger partial charge < -0.3 is 10.1 Å². The molecule has 0 saturated heterocycles. The second-order valence-electron chi connectivity index (χ2n) is 7.15. The molecule has 8 heteroatoms. The lowest BCUT2D eigenvalue weighted by Gasteiger charge is -2.09. The van der Waals surface area contributed by atoms with E-state index in [1.54, 1.807) is 18.4 Å². The van der Waals surface area contributed by atoms with Crippen LogP contribution in [0.25, 0.3) is 21.5 Å². The Bertz CT molecular complexity index is 1250. The Morgan fingerprint density at radius 1 is 1.10 bits per heavy atom. The number of amides is 1. The first kappa shape index (κ1) is 21.3. The van der Waals surface area contributed by atoms with Crippen molar-refractivity contribution >= 4 is 44.9 Å². The summed E-state index contributed by atoms with van der Waals surface area (Å²) in [5, 5.41) is 13.4. The second-order valence-corrected chi connectivity index (χ2v) is 9.32. The van der Waals surface area contributed by atoms with Crippen molar-refractivity contribution in [2.75, 3.05) is 18.2 Å². The molecule has 0 aliphatic carbocycles. The SMILES string of the molecule is COc1ccc(-c2nnc(SCC(=O)Nc3cc(C)ccc3C)c3nc(C)sc23)cc1. The van der Waals surface area contributed by atoms with E-state index in [-0.39, 0.29) is 11.7 Å². The third-order valence-corrected chi connectivity index (χ3v) is 6.70. The first-order valence-corrected chi connectivity index (χ1v) is 11.5. The van der Waals surface area contributed by atoms with Gasteiger partial charge in [-0.3, -0.25) is 4.79 Å². The highest BCUT2D eigenvalue weighted by atomic mass is 32.2. The van der Waals surface area contributed by atoms with Gasteiger partial charge >= 0.3 is 0 Å². The van der Waals surface area contributed by atoms with Crippen LogP contribution in [0.5, 0.6) is 5.75 Å². The van der Waals surface area contributed by atoms with Gasteiger partial charge in [0.1, 0.15) is 22.0 Å². The van der Waals surface area contributed by atoms with E-state index in [9.17, 15) is 4.79 Å². The fraction of sp³-hybridized carbons (Fsp3) is 0.217. The number of aryl methyl sites for hydroxylation is 3. The standard InChI is InChI=1S/C23H22N4O2S2/c1-13-5-6-14(2)18(11-13)25-19(28)12-30-23-21-22(31-15(3)24-21)20(26-27-23)16-7-9-17(29-4)10-8-16/h5-11H,12H2,1-4H3,(H,25,28). The molecule has 1 N–H and O–H groups in total. The summed E-state index contributed by atoms with van der Waals surface area (Å²) in [4.78, 5) is 17.2. The zero-order valence-electron chi connectivity index (χ0n) is 17.7. The molecule has 4 rings (SSSR count). The number of nitrogens with zero attached hydrogens (tertiary/aromatic N) is 3. The summed E-state index contributed by atoms with van der Waals surface area (Å²) in [6.45, 7) is 5.95. The van der Waals surface area contributed by atoms with E-state index < -0.39 is 0 Å². The minimum atomic E-state index is -0.0835. The zero-order valence-corrected chi connectivity index (χ0v) is 19.4. The van der Waals surface area contributed by atoms with Gasteiger partial charge in [-0.1, -0.05) is 23.9 Å². The highest BCUT2D eigenvalue weighted by Crippen LogP contribution is 2.35. The van der Waals surface area contributed by atoms with E-state index in [0.29, 0.717) is 5.03 Å². The Hall–Kier alpha value is -2.97. The largest absolute Gasteiger partial charge is 0.497 e. The molecule has 4 aromatic rings. The number of aromatic nitrogens is 3. The Morgan fingerprint density at radius 2 is 1.87 bits per heavy atom. The normalized spacial score (nSPS) is 11.0. The molecule has 2 heterocycles. The van der Waals surface area contributed by atoms with Crippen molar-refractivity contribution in [3.8, 4) is 17.0 Å². The predicted octanol–water partition coefficient (Wildman–Crippen LogP) is 5.42. The van der Waals surface area contributed by atoms with Gasteiger partial charge in [-0.2, -0.15) is 0 Å². The summed E-state index contributed by atoms with van der Waals surface area (Å²) < 4.78 is 6.21. The first-order valence-electron chi connectivity index (χ1n) is 9.72. The molecule has 158 valence electrons. The van der Waals surface area contributed by atoms with Crippen molar-refractivity contribution < 1.29 is 9.53 Å². The number of thioether (sulfide) groups is 1. The van der Waals surface area contributed by atoms with Crippen molar-refractivity contribution in [1.82, 2.24) is 15.2 Å². The number of carbonyl (C=O) groups excluding carboxylic acids is 1. The Labute approximate surface area is 189 Å². The lowest BCUT2D eigenvalue weighted by molar-refractivity contribution is -0.113. The summed E-state index contributed by atoms with van der Waals surface area (Å²) in [6, 6.07) is 13.7. The van der Waals surface area contributed by atoms with Crippen LogP contribution in [0.2, 0.25) is 0 Å². The molecule has 6 nitrogen and oxygen atoms in total. The number of methoxy groups -OCH3 is 1. The Balaban J connectivity index is 1.56. The average Bonchev–Trinajstić information content (AvgIpc) is 3.16. The minimum absolute atomic E-state index is 0.0835. The number of ether oxygens (including phenoxy) is 1. The maximum absolute atomic E-state index is 12.5. The van der Waals surface area contributed by atoms with Gasteiger partial charge in [-0.25, -0.2) is 4.98 Å². The van der Waals surface area contributed by atoms with Crippen LogP contribution < -0.4 is 10.1 Å². The molecular weight excluding hydrogens is 428 g/mol. The number of fused-ring (bicyclic) bond motifs is 1. The molecule has 1 amide bonds. The number of carbonyl (C=O) groups is 1. The number of benzene rings is 2. The molecule has 0 unspecified atom stereocenters. The smallest absolute Gasteiger partial charge is 0.234 e. The molecule has 0 spiro atoms.